The van der Waals surface area contributed by atoms with Crippen LogP contribution in [0.2, 0.25) is 0 Å². The second kappa shape index (κ2) is 17.9. The molecule has 256 valence electrons. The Bertz CT molecular complexity index is 1660. The summed E-state index contributed by atoms with van der Waals surface area (Å²) in [6, 6.07) is 31.4. The molecule has 2 aliphatic heterocycles. The lowest BCUT2D eigenvalue weighted by Gasteiger charge is -2.25. The molecule has 0 saturated heterocycles. The van der Waals surface area contributed by atoms with Gasteiger partial charge in [-0.2, -0.15) is 8.42 Å². The molecule has 4 aromatic rings. The SMILES string of the molecule is CS(=O)(=O)O.Cc1ccc(N(CC2=NCCN2)c2cccc(O)c2)cc1.Cc1ccc(N(CC2=NCCN2)c2cccc(O)c2)cc1.Cl. The van der Waals surface area contributed by atoms with Gasteiger partial charge in [0.05, 0.1) is 32.4 Å². The minimum Gasteiger partial charge on any atom is -0.508 e. The third-order valence-corrected chi connectivity index (χ3v) is 7.08. The average molecular weight is 695 g/mol. The molecule has 2 heterocycles. The largest absolute Gasteiger partial charge is 0.508 e. The Hall–Kier alpha value is -4.78. The lowest BCUT2D eigenvalue weighted by molar-refractivity contribution is 0.475. The fraction of sp³-hybridized carbons (Fsp3) is 0.257. The molecule has 0 radical (unpaired) electrons. The van der Waals surface area contributed by atoms with Gasteiger partial charge in [0.25, 0.3) is 10.1 Å². The highest BCUT2D eigenvalue weighted by atomic mass is 35.5. The van der Waals surface area contributed by atoms with Gasteiger partial charge in [0.1, 0.15) is 23.2 Å². The Morgan fingerprint density at radius 1 is 0.646 bits per heavy atom. The van der Waals surface area contributed by atoms with Crippen molar-refractivity contribution in [3.05, 3.63) is 108 Å². The van der Waals surface area contributed by atoms with Crippen LogP contribution >= 0.6 is 12.4 Å². The molecular weight excluding hydrogens is 652 g/mol. The van der Waals surface area contributed by atoms with Crippen molar-refractivity contribution in [2.45, 2.75) is 13.8 Å². The van der Waals surface area contributed by atoms with Gasteiger partial charge in [-0.3, -0.25) is 14.5 Å². The van der Waals surface area contributed by atoms with E-state index >= 15 is 0 Å². The van der Waals surface area contributed by atoms with Crippen LogP contribution < -0.4 is 20.4 Å². The van der Waals surface area contributed by atoms with Crippen LogP contribution in [-0.4, -0.2) is 80.4 Å². The smallest absolute Gasteiger partial charge is 0.261 e. The lowest BCUT2D eigenvalue weighted by atomic mass is 10.2. The summed E-state index contributed by atoms with van der Waals surface area (Å²) in [5.74, 6) is 2.51. The van der Waals surface area contributed by atoms with E-state index < -0.39 is 10.1 Å². The molecule has 0 fully saturated rings. The predicted molar refractivity (Wildman–Crippen MR) is 198 cm³/mol. The molecule has 0 amide bonds. The molecule has 48 heavy (non-hydrogen) atoms. The summed E-state index contributed by atoms with van der Waals surface area (Å²) < 4.78 is 25.9. The monoisotopic (exact) mass is 694 g/mol. The fourth-order valence-corrected chi connectivity index (χ4v) is 4.84. The van der Waals surface area contributed by atoms with E-state index in [1.165, 1.54) is 11.1 Å². The Balaban J connectivity index is 0.000000225. The quantitative estimate of drug-likeness (QED) is 0.148. The van der Waals surface area contributed by atoms with Gasteiger partial charge in [-0.05, 0) is 62.4 Å². The molecule has 0 unspecified atom stereocenters. The van der Waals surface area contributed by atoms with E-state index in [0.29, 0.717) is 19.3 Å². The van der Waals surface area contributed by atoms with E-state index in [1.807, 2.05) is 24.3 Å². The Morgan fingerprint density at radius 3 is 1.29 bits per heavy atom. The first-order valence-electron chi connectivity index (χ1n) is 15.2. The maximum Gasteiger partial charge on any atom is 0.261 e. The van der Waals surface area contributed by atoms with Crippen LogP contribution in [0, 0.1) is 13.8 Å². The van der Waals surface area contributed by atoms with Crippen LogP contribution in [-0.2, 0) is 10.1 Å². The van der Waals surface area contributed by atoms with Gasteiger partial charge in [-0.15, -0.1) is 12.4 Å². The molecule has 2 aliphatic rings. The van der Waals surface area contributed by atoms with E-state index in [4.69, 9.17) is 4.55 Å². The first-order valence-corrected chi connectivity index (χ1v) is 17.0. The van der Waals surface area contributed by atoms with Crippen molar-refractivity contribution in [3.63, 3.8) is 0 Å². The highest BCUT2D eigenvalue weighted by Crippen LogP contribution is 2.29. The van der Waals surface area contributed by atoms with E-state index in [2.05, 4.69) is 92.8 Å². The molecule has 13 heteroatoms. The van der Waals surface area contributed by atoms with Gasteiger partial charge in [-0.1, -0.05) is 47.5 Å². The second-order valence-corrected chi connectivity index (χ2v) is 12.6. The van der Waals surface area contributed by atoms with Crippen molar-refractivity contribution in [1.29, 1.82) is 0 Å². The van der Waals surface area contributed by atoms with Crippen molar-refractivity contribution >= 4 is 56.9 Å². The van der Waals surface area contributed by atoms with E-state index in [-0.39, 0.29) is 23.9 Å². The first kappa shape index (κ1) is 37.7. The molecule has 0 atom stereocenters. The van der Waals surface area contributed by atoms with Crippen LogP contribution in [0.25, 0.3) is 0 Å². The predicted octanol–water partition coefficient (Wildman–Crippen LogP) is 5.61. The molecule has 0 bridgehead atoms. The molecule has 0 spiro atoms. The van der Waals surface area contributed by atoms with Crippen LogP contribution in [0.5, 0.6) is 11.5 Å². The number of aromatic hydroxyl groups is 2. The number of rotatable bonds is 8. The van der Waals surface area contributed by atoms with Gasteiger partial charge < -0.3 is 30.6 Å². The highest BCUT2D eigenvalue weighted by Gasteiger charge is 2.16. The number of aryl methyl sites for hydroxylation is 2. The zero-order chi connectivity index (χ0) is 33.8. The number of nitrogens with one attached hydrogen (secondary N) is 2. The summed E-state index contributed by atoms with van der Waals surface area (Å²) in [6.07, 6.45) is 0.715. The Kier molecular flexibility index (Phi) is 14.1. The number of phenols is 2. The number of anilines is 4. The van der Waals surface area contributed by atoms with Gasteiger partial charge in [0.2, 0.25) is 0 Å². The number of aliphatic imine (C=N–C) groups is 2. The summed E-state index contributed by atoms with van der Waals surface area (Å²) >= 11 is 0. The maximum absolute atomic E-state index is 9.74. The normalized spacial score (nSPS) is 13.2. The van der Waals surface area contributed by atoms with Crippen molar-refractivity contribution in [2.24, 2.45) is 9.98 Å². The second-order valence-electron chi connectivity index (χ2n) is 11.1. The number of phenolic OH excluding ortho intramolecular Hbond substituents is 2. The number of benzene rings is 4. The van der Waals surface area contributed by atoms with E-state index in [0.717, 1.165) is 60.6 Å². The molecule has 0 saturated carbocycles. The molecule has 11 nitrogen and oxygen atoms in total. The number of hydrogen-bond acceptors (Lipinski definition) is 10. The maximum atomic E-state index is 9.74. The Morgan fingerprint density at radius 2 is 1.00 bits per heavy atom. The zero-order valence-corrected chi connectivity index (χ0v) is 28.9. The number of hydrogen-bond donors (Lipinski definition) is 5. The van der Waals surface area contributed by atoms with E-state index in [1.54, 1.807) is 24.3 Å². The minimum absolute atomic E-state index is 0. The highest BCUT2D eigenvalue weighted by molar-refractivity contribution is 7.85. The summed E-state index contributed by atoms with van der Waals surface area (Å²) in [5, 5.41) is 26.1. The Labute approximate surface area is 288 Å². The van der Waals surface area contributed by atoms with Crippen molar-refractivity contribution in [2.75, 3.05) is 55.3 Å². The number of halogens is 1. The third kappa shape index (κ3) is 12.4. The molecule has 0 aromatic heterocycles. The topological polar surface area (TPSA) is 150 Å². The summed E-state index contributed by atoms with van der Waals surface area (Å²) in [6.45, 7) is 8.96. The van der Waals surface area contributed by atoms with Crippen molar-refractivity contribution in [3.8, 4) is 11.5 Å². The standard InChI is InChI=1S/2C17H19N3O.CH4O3S.ClH/c2*1-13-5-7-14(8-6-13)20(12-17-18-9-10-19-17)15-3-2-4-16(21)11-15;1-5(2,3)4;/h2*2-8,11,21H,9-10,12H2,1H3,(H,18,19);1H3,(H,2,3,4);1H. The summed E-state index contributed by atoms with van der Waals surface area (Å²) in [4.78, 5) is 13.2. The van der Waals surface area contributed by atoms with Gasteiger partial charge in [0.15, 0.2) is 0 Å². The lowest BCUT2D eigenvalue weighted by Crippen LogP contribution is -2.32. The zero-order valence-electron chi connectivity index (χ0n) is 27.2. The van der Waals surface area contributed by atoms with Crippen molar-refractivity contribution in [1.82, 2.24) is 10.6 Å². The van der Waals surface area contributed by atoms with Crippen molar-refractivity contribution < 1.29 is 23.2 Å². The summed E-state index contributed by atoms with van der Waals surface area (Å²) in [7, 11) is -3.67. The van der Waals surface area contributed by atoms with Gasteiger partial charge >= 0.3 is 0 Å². The van der Waals surface area contributed by atoms with Crippen LogP contribution in [0.4, 0.5) is 22.7 Å². The van der Waals surface area contributed by atoms with Gasteiger partial charge in [-0.25, -0.2) is 0 Å². The molecule has 0 aliphatic carbocycles. The molecular formula is C35H43ClN6O5S. The average Bonchev–Trinajstić information content (AvgIpc) is 3.74. The van der Waals surface area contributed by atoms with Crippen LogP contribution in [0.1, 0.15) is 11.1 Å². The van der Waals surface area contributed by atoms with Crippen LogP contribution in [0.3, 0.4) is 0 Å². The number of nitrogens with zero attached hydrogens (tertiary/aromatic N) is 4. The first-order chi connectivity index (χ1) is 22.4. The van der Waals surface area contributed by atoms with Gasteiger partial charge in [0, 0.05) is 48.0 Å². The molecule has 5 N–H and O–H groups in total. The number of amidine groups is 2. The molecule has 4 aromatic carbocycles. The molecule has 6 rings (SSSR count). The minimum atomic E-state index is -3.67. The third-order valence-electron chi connectivity index (χ3n) is 7.08. The fourth-order valence-electron chi connectivity index (χ4n) is 4.84. The summed E-state index contributed by atoms with van der Waals surface area (Å²) in [5.41, 5.74) is 6.53. The van der Waals surface area contributed by atoms with E-state index in [9.17, 15) is 18.6 Å². The van der Waals surface area contributed by atoms with Crippen LogP contribution in [0.15, 0.2) is 107 Å².